The van der Waals surface area contributed by atoms with Gasteiger partial charge in [0.15, 0.2) is 0 Å². The van der Waals surface area contributed by atoms with Crippen LogP contribution >= 0.6 is 11.3 Å². The van der Waals surface area contributed by atoms with Crippen molar-refractivity contribution in [3.8, 4) is 22.3 Å². The van der Waals surface area contributed by atoms with Crippen LogP contribution in [0, 0.1) is 5.41 Å². The number of nitrogens with one attached hydrogen (secondary N) is 1. The first-order valence-electron chi connectivity index (χ1n) is 23.2. The highest BCUT2D eigenvalue weighted by molar-refractivity contribution is 7.25. The van der Waals surface area contributed by atoms with Crippen molar-refractivity contribution >= 4 is 122 Å². The number of thiophene rings is 1. The maximum atomic E-state index is 6.48. The van der Waals surface area contributed by atoms with Gasteiger partial charge in [-0.15, -0.1) is 11.3 Å². The van der Waals surface area contributed by atoms with E-state index in [4.69, 9.17) is 25.0 Å². The van der Waals surface area contributed by atoms with Crippen molar-refractivity contribution < 1.29 is 8.83 Å². The molecule has 0 fully saturated rings. The number of hydrogen-bond acceptors (Lipinski definition) is 6. The van der Waals surface area contributed by atoms with E-state index >= 15 is 0 Å². The van der Waals surface area contributed by atoms with Crippen molar-refractivity contribution in [3.05, 3.63) is 229 Å². The molecule has 0 aliphatic rings. The van der Waals surface area contributed by atoms with Gasteiger partial charge in [0.2, 0.25) is 0 Å². The molecule has 3 N–H and O–H groups in total. The fourth-order valence-electron chi connectivity index (χ4n) is 9.98. The molecule has 13 rings (SSSR count). The molecule has 336 valence electrons. The molecule has 13 aromatic rings. The summed E-state index contributed by atoms with van der Waals surface area (Å²) < 4.78 is 15.5. The Labute approximate surface area is 409 Å². The van der Waals surface area contributed by atoms with Gasteiger partial charge in [-0.25, -0.2) is 0 Å². The lowest BCUT2D eigenvalue weighted by Gasteiger charge is -2.13. The van der Waals surface area contributed by atoms with Gasteiger partial charge >= 0.3 is 0 Å². The van der Waals surface area contributed by atoms with E-state index in [1.807, 2.05) is 72.2 Å². The Morgan fingerprint density at radius 3 is 1.79 bits per heavy atom. The van der Waals surface area contributed by atoms with Gasteiger partial charge in [-0.1, -0.05) is 159 Å². The van der Waals surface area contributed by atoms with Gasteiger partial charge in [0, 0.05) is 60.0 Å². The third-order valence-corrected chi connectivity index (χ3v) is 14.3. The number of benzene rings is 10. The molecule has 3 heterocycles. The van der Waals surface area contributed by atoms with Crippen LogP contribution in [-0.4, -0.2) is 12.9 Å². The molecule has 0 saturated heterocycles. The van der Waals surface area contributed by atoms with E-state index in [2.05, 4.69) is 165 Å². The first-order chi connectivity index (χ1) is 34.6. The smallest absolute Gasteiger partial charge is 0.136 e. The van der Waals surface area contributed by atoms with E-state index in [1.54, 1.807) is 0 Å². The van der Waals surface area contributed by atoms with Crippen LogP contribution in [0.1, 0.15) is 27.8 Å². The molecule has 10 aromatic carbocycles. The Morgan fingerprint density at radius 1 is 0.457 bits per heavy atom. The summed E-state index contributed by atoms with van der Waals surface area (Å²) in [4.78, 5) is 5.01. The average molecular weight is 922 g/mol. The molecule has 6 heteroatoms. The van der Waals surface area contributed by atoms with Gasteiger partial charge < -0.3 is 20.0 Å². The summed E-state index contributed by atoms with van der Waals surface area (Å²) in [5, 5.41) is 17.2. The summed E-state index contributed by atoms with van der Waals surface area (Å²) in [7, 11) is 0. The predicted octanol–water partition coefficient (Wildman–Crippen LogP) is 17.8. The number of aliphatic imine (C=N–C) groups is 1. The minimum Gasteiger partial charge on any atom is -0.456 e. The lowest BCUT2D eigenvalue weighted by molar-refractivity contribution is 0.669. The van der Waals surface area contributed by atoms with Crippen molar-refractivity contribution in [2.45, 2.75) is 13.1 Å². The number of nitrogens with zero attached hydrogens (tertiary/aromatic N) is 1. The second-order valence-electron chi connectivity index (χ2n) is 17.2. The van der Waals surface area contributed by atoms with Crippen LogP contribution in [0.25, 0.3) is 120 Å². The van der Waals surface area contributed by atoms with Crippen molar-refractivity contribution in [2.24, 2.45) is 10.7 Å². The molecule has 70 heavy (non-hydrogen) atoms. The van der Waals surface area contributed by atoms with Crippen molar-refractivity contribution in [2.75, 3.05) is 0 Å². The number of rotatable bonds is 8. The Morgan fingerprint density at radius 2 is 1.04 bits per heavy atom. The third kappa shape index (κ3) is 7.75. The molecular weight excluding hydrogens is 875 g/mol. The summed E-state index contributed by atoms with van der Waals surface area (Å²) in [5.41, 5.74) is 18.9. The Bertz CT molecular complexity index is 4170. The van der Waals surface area contributed by atoms with Crippen LogP contribution in [0.5, 0.6) is 0 Å². The molecule has 0 aliphatic carbocycles. The Kier molecular flexibility index (Phi) is 11.8. The SMILES string of the molecule is C=Cc1c(C=C)c2ccc(CN=Cc3cccc4oc5ccc(-c6cccc7oc8ccc(-c9ccc%10c(c9)sc9ccccc9%10)cc8c67)cc5c34)cc2c2ccccc12.C=N.NCc1ccccc1. The van der Waals surface area contributed by atoms with Crippen LogP contribution in [0.4, 0.5) is 0 Å². The summed E-state index contributed by atoms with van der Waals surface area (Å²) in [6.07, 6.45) is 5.86. The highest BCUT2D eigenvalue weighted by atomic mass is 32.1. The fraction of sp³-hybridized carbons (Fsp3) is 0.0312. The summed E-state index contributed by atoms with van der Waals surface area (Å²) >= 11 is 1.85. The van der Waals surface area contributed by atoms with Crippen LogP contribution in [0.2, 0.25) is 0 Å². The average Bonchev–Trinajstić information content (AvgIpc) is 4.12. The van der Waals surface area contributed by atoms with Crippen LogP contribution in [0.3, 0.4) is 0 Å². The predicted molar refractivity (Wildman–Crippen MR) is 302 cm³/mol. The third-order valence-electron chi connectivity index (χ3n) is 13.2. The molecule has 0 bridgehead atoms. The Hall–Kier alpha value is -8.68. The zero-order valence-corrected chi connectivity index (χ0v) is 39.2. The summed E-state index contributed by atoms with van der Waals surface area (Å²) in [5.74, 6) is 0. The van der Waals surface area contributed by atoms with Gasteiger partial charge in [-0.3, -0.25) is 4.99 Å². The van der Waals surface area contributed by atoms with Gasteiger partial charge in [0.05, 0.1) is 6.54 Å². The molecule has 0 atom stereocenters. The largest absolute Gasteiger partial charge is 0.456 e. The second-order valence-corrected chi connectivity index (χ2v) is 18.2. The molecule has 5 nitrogen and oxygen atoms in total. The molecule has 0 aliphatic heterocycles. The van der Waals surface area contributed by atoms with Crippen molar-refractivity contribution in [3.63, 3.8) is 0 Å². The number of furan rings is 2. The maximum absolute atomic E-state index is 6.48. The van der Waals surface area contributed by atoms with E-state index in [9.17, 15) is 0 Å². The molecule has 0 saturated carbocycles. The normalized spacial score (nSPS) is 11.5. The number of fused-ring (bicyclic) bond motifs is 12. The first-order valence-corrected chi connectivity index (χ1v) is 24.0. The quantitative estimate of drug-likeness (QED) is 0.118. The minimum absolute atomic E-state index is 0.545. The summed E-state index contributed by atoms with van der Waals surface area (Å²) in [6, 6.07) is 66.2. The van der Waals surface area contributed by atoms with E-state index < -0.39 is 0 Å². The van der Waals surface area contributed by atoms with Crippen molar-refractivity contribution in [1.29, 1.82) is 5.41 Å². The Balaban J connectivity index is 0.000000483. The molecule has 0 unspecified atom stereocenters. The first kappa shape index (κ1) is 43.9. The van der Waals surface area contributed by atoms with Gasteiger partial charge in [-0.05, 0) is 127 Å². The van der Waals surface area contributed by atoms with Gasteiger partial charge in [0.25, 0.3) is 0 Å². The zero-order valence-electron chi connectivity index (χ0n) is 38.4. The van der Waals surface area contributed by atoms with E-state index in [1.165, 1.54) is 58.4 Å². The highest BCUT2D eigenvalue weighted by Gasteiger charge is 2.18. The molecular formula is C64H47N3O2S. The molecule has 0 amide bonds. The van der Waals surface area contributed by atoms with Crippen LogP contribution in [-0.2, 0) is 13.1 Å². The number of hydrogen-bond donors (Lipinski definition) is 2. The molecule has 0 radical (unpaired) electrons. The lowest BCUT2D eigenvalue weighted by Crippen LogP contribution is -1.94. The van der Waals surface area contributed by atoms with Crippen molar-refractivity contribution in [1.82, 2.24) is 0 Å². The van der Waals surface area contributed by atoms with E-state index in [0.29, 0.717) is 13.1 Å². The van der Waals surface area contributed by atoms with Gasteiger partial charge in [0.1, 0.15) is 22.3 Å². The maximum Gasteiger partial charge on any atom is 0.136 e. The fourth-order valence-corrected chi connectivity index (χ4v) is 11.1. The molecule has 0 spiro atoms. The van der Waals surface area contributed by atoms with E-state index in [-0.39, 0.29) is 0 Å². The topological polar surface area (TPSA) is 88.5 Å². The lowest BCUT2D eigenvalue weighted by atomic mass is 9.90. The van der Waals surface area contributed by atoms with Crippen LogP contribution in [0.15, 0.2) is 215 Å². The van der Waals surface area contributed by atoms with E-state index in [0.717, 1.165) is 77.3 Å². The van der Waals surface area contributed by atoms with Gasteiger partial charge in [-0.2, -0.15) is 0 Å². The minimum atomic E-state index is 0.545. The second kappa shape index (κ2) is 18.8. The highest BCUT2D eigenvalue weighted by Crippen LogP contribution is 2.42. The zero-order chi connectivity index (χ0) is 47.7. The monoisotopic (exact) mass is 921 g/mol. The standard InChI is InChI=1S/C56H35NO2S.C7H9N.CH3N/c1-3-38-39(4-2)43-23-19-33(27-46(43)42-13-6-5-12-41(38)42)31-57-32-37-11-9-16-51-55(37)47-29-36(22-26-49(47)58-51)40-15-10-17-52-56(40)48-28-34(21-25-50(48)59-52)35-20-24-45-44-14-7-8-18-53(44)60-54(45)30-35;8-6-7-4-2-1-3-5-7;1-2/h3-30,32H,1-2,31H2;1-5H,6,8H2;2H,1H2. The molecule has 3 aromatic heterocycles. The number of nitrogens with two attached hydrogens (primary N) is 1. The van der Waals surface area contributed by atoms with Crippen LogP contribution < -0.4 is 5.73 Å². The summed E-state index contributed by atoms with van der Waals surface area (Å²) in [6.45, 7) is 11.9.